The maximum absolute atomic E-state index is 13.5. The van der Waals surface area contributed by atoms with Crippen LogP contribution >= 0.6 is 23.2 Å². The molecule has 3 fully saturated rings. The maximum Gasteiger partial charge on any atom is 0.258 e. The Labute approximate surface area is 207 Å². The lowest BCUT2D eigenvalue weighted by molar-refractivity contribution is -0.148. The molecular weight excluding hydrogens is 476 g/mol. The van der Waals surface area contributed by atoms with E-state index < -0.39 is 5.82 Å². The van der Waals surface area contributed by atoms with Gasteiger partial charge in [-0.15, -0.1) is 0 Å². The van der Waals surface area contributed by atoms with Crippen LogP contribution in [0.4, 0.5) is 4.39 Å². The SMILES string of the molecule is O=C(COc1ccc(Cl)c(F)c1)NC12CC(/C=C3/CCC(c4ccc(Cl)cc4)C=CC3=O)(C1)C2. The van der Waals surface area contributed by atoms with E-state index in [0.717, 1.165) is 49.3 Å². The van der Waals surface area contributed by atoms with E-state index in [-0.39, 0.29) is 45.9 Å². The van der Waals surface area contributed by atoms with Crippen LogP contribution in [0, 0.1) is 11.2 Å². The summed E-state index contributed by atoms with van der Waals surface area (Å²) in [6.07, 6.45) is 9.89. The molecular formula is C27H24Cl2FNO3. The molecule has 0 saturated heterocycles. The van der Waals surface area contributed by atoms with Gasteiger partial charge in [-0.05, 0) is 79.0 Å². The molecule has 2 bridgehead atoms. The Bertz CT molecular complexity index is 1190. The highest BCUT2D eigenvalue weighted by atomic mass is 35.5. The third kappa shape index (κ3) is 4.64. The summed E-state index contributed by atoms with van der Waals surface area (Å²) in [5.74, 6) is -0.303. The van der Waals surface area contributed by atoms with Gasteiger partial charge in [0.1, 0.15) is 11.6 Å². The van der Waals surface area contributed by atoms with Crippen LogP contribution in [0.2, 0.25) is 10.0 Å². The number of halogens is 3. The monoisotopic (exact) mass is 499 g/mol. The molecule has 7 heteroatoms. The number of carbonyl (C=O) groups is 2. The highest BCUT2D eigenvalue weighted by Gasteiger charge is 2.67. The van der Waals surface area contributed by atoms with Crippen LogP contribution in [0.3, 0.4) is 0 Å². The molecule has 0 radical (unpaired) electrons. The summed E-state index contributed by atoms with van der Waals surface area (Å²) in [6.45, 7) is -0.188. The molecule has 0 aromatic heterocycles. The van der Waals surface area contributed by atoms with E-state index >= 15 is 0 Å². The molecule has 176 valence electrons. The van der Waals surface area contributed by atoms with Crippen LogP contribution in [0.5, 0.6) is 5.75 Å². The van der Waals surface area contributed by atoms with E-state index in [0.29, 0.717) is 5.02 Å². The lowest BCUT2D eigenvalue weighted by Crippen LogP contribution is -2.74. The van der Waals surface area contributed by atoms with E-state index in [1.807, 2.05) is 30.3 Å². The van der Waals surface area contributed by atoms with Gasteiger partial charge in [0.25, 0.3) is 5.91 Å². The average Bonchev–Trinajstić information content (AvgIpc) is 2.94. The second-order valence-electron chi connectivity index (χ2n) is 9.68. The fourth-order valence-corrected chi connectivity index (χ4v) is 5.78. The standard InChI is InChI=1S/C27H24Cl2FNO3/c28-20-6-3-18(4-7-20)17-1-2-19(24(32)10-5-17)12-26-14-27(15-26,16-26)31-25(33)13-34-21-8-9-22(29)23(30)11-21/h3-12,17H,1-2,13-16H2,(H,31,33)/b19-12-. The van der Waals surface area contributed by atoms with Crippen LogP contribution in [0.15, 0.2) is 66.3 Å². The number of hydrogen-bond donors (Lipinski definition) is 1. The summed E-state index contributed by atoms with van der Waals surface area (Å²) in [5.41, 5.74) is 1.79. The Balaban J connectivity index is 1.13. The molecule has 0 spiro atoms. The molecule has 1 N–H and O–H groups in total. The van der Waals surface area contributed by atoms with Crippen LogP contribution in [-0.2, 0) is 9.59 Å². The zero-order valence-corrected chi connectivity index (χ0v) is 20.0. The summed E-state index contributed by atoms with van der Waals surface area (Å²) in [5, 5.41) is 3.76. The number of ether oxygens (including phenoxy) is 1. The number of ketones is 1. The minimum atomic E-state index is -0.587. The first-order chi connectivity index (χ1) is 16.2. The summed E-state index contributed by atoms with van der Waals surface area (Å²) in [6, 6.07) is 11.9. The molecule has 4 aliphatic rings. The molecule has 4 nitrogen and oxygen atoms in total. The first-order valence-electron chi connectivity index (χ1n) is 11.3. The van der Waals surface area contributed by atoms with Gasteiger partial charge in [0.15, 0.2) is 12.4 Å². The molecule has 34 heavy (non-hydrogen) atoms. The Morgan fingerprint density at radius 2 is 1.88 bits per heavy atom. The highest BCUT2D eigenvalue weighted by Crippen LogP contribution is 2.68. The summed E-state index contributed by atoms with van der Waals surface area (Å²) >= 11 is 11.7. The number of nitrogens with one attached hydrogen (secondary N) is 1. The van der Waals surface area contributed by atoms with Gasteiger partial charge < -0.3 is 10.1 Å². The molecule has 0 heterocycles. The number of hydrogen-bond acceptors (Lipinski definition) is 3. The van der Waals surface area contributed by atoms with Crippen molar-refractivity contribution in [3.63, 3.8) is 0 Å². The quantitative estimate of drug-likeness (QED) is 0.482. The number of benzene rings is 2. The van der Waals surface area contributed by atoms with Crippen molar-refractivity contribution < 1.29 is 18.7 Å². The van der Waals surface area contributed by atoms with E-state index in [9.17, 15) is 14.0 Å². The van der Waals surface area contributed by atoms with Crippen molar-refractivity contribution in [3.05, 3.63) is 87.7 Å². The van der Waals surface area contributed by atoms with Gasteiger partial charge in [-0.1, -0.05) is 47.5 Å². The Kier molecular flexibility index (Phi) is 6.03. The van der Waals surface area contributed by atoms with E-state index in [4.69, 9.17) is 27.9 Å². The molecule has 1 amide bonds. The second-order valence-corrected chi connectivity index (χ2v) is 10.5. The third-order valence-corrected chi connectivity index (χ3v) is 7.60. The summed E-state index contributed by atoms with van der Waals surface area (Å²) < 4.78 is 18.9. The first kappa shape index (κ1) is 23.1. The minimum absolute atomic E-state index is 0.00755. The van der Waals surface area contributed by atoms with Gasteiger partial charge in [0.2, 0.25) is 0 Å². The van der Waals surface area contributed by atoms with Crippen molar-refractivity contribution >= 4 is 34.9 Å². The largest absolute Gasteiger partial charge is 0.484 e. The molecule has 1 unspecified atom stereocenters. The Morgan fingerprint density at radius 1 is 1.15 bits per heavy atom. The van der Waals surface area contributed by atoms with Gasteiger partial charge in [-0.25, -0.2) is 4.39 Å². The fourth-order valence-electron chi connectivity index (χ4n) is 5.54. The number of rotatable bonds is 6. The molecule has 2 aromatic rings. The van der Waals surface area contributed by atoms with Crippen molar-refractivity contribution in [3.8, 4) is 5.75 Å². The lowest BCUT2D eigenvalue weighted by Gasteiger charge is -2.69. The molecule has 4 aliphatic carbocycles. The van der Waals surface area contributed by atoms with Crippen LogP contribution in [0.25, 0.3) is 0 Å². The van der Waals surface area contributed by atoms with Gasteiger partial charge >= 0.3 is 0 Å². The Hall–Kier alpha value is -2.63. The van der Waals surface area contributed by atoms with E-state index in [1.165, 1.54) is 12.1 Å². The minimum Gasteiger partial charge on any atom is -0.484 e. The smallest absolute Gasteiger partial charge is 0.258 e. The second kappa shape index (κ2) is 8.86. The zero-order valence-electron chi connectivity index (χ0n) is 18.5. The van der Waals surface area contributed by atoms with Crippen LogP contribution < -0.4 is 10.1 Å². The van der Waals surface area contributed by atoms with Crippen molar-refractivity contribution in [2.45, 2.75) is 43.6 Å². The topological polar surface area (TPSA) is 55.4 Å². The van der Waals surface area contributed by atoms with Gasteiger partial charge in [-0.3, -0.25) is 9.59 Å². The predicted molar refractivity (Wildman–Crippen MR) is 130 cm³/mol. The van der Waals surface area contributed by atoms with Crippen LogP contribution in [-0.4, -0.2) is 23.8 Å². The predicted octanol–water partition coefficient (Wildman–Crippen LogP) is 6.18. The van der Waals surface area contributed by atoms with Crippen molar-refractivity contribution in [2.24, 2.45) is 5.41 Å². The molecule has 3 saturated carbocycles. The van der Waals surface area contributed by atoms with Gasteiger partial charge in [0.05, 0.1) is 5.02 Å². The number of amides is 1. The molecule has 0 aliphatic heterocycles. The molecule has 2 aromatic carbocycles. The lowest BCUT2D eigenvalue weighted by atomic mass is 9.39. The Morgan fingerprint density at radius 3 is 2.59 bits per heavy atom. The van der Waals surface area contributed by atoms with Crippen molar-refractivity contribution in [1.82, 2.24) is 5.32 Å². The third-order valence-electron chi connectivity index (χ3n) is 7.04. The normalized spacial score (nSPS) is 28.6. The number of allylic oxidation sites excluding steroid dienone is 4. The maximum atomic E-state index is 13.5. The van der Waals surface area contributed by atoms with Crippen molar-refractivity contribution in [2.75, 3.05) is 6.61 Å². The van der Waals surface area contributed by atoms with Gasteiger partial charge in [0, 0.05) is 22.5 Å². The van der Waals surface area contributed by atoms with Crippen LogP contribution in [0.1, 0.15) is 43.6 Å². The fraction of sp³-hybridized carbons (Fsp3) is 0.333. The summed E-state index contributed by atoms with van der Waals surface area (Å²) in [7, 11) is 0. The first-order valence-corrected chi connectivity index (χ1v) is 12.1. The van der Waals surface area contributed by atoms with E-state index in [2.05, 4.69) is 11.4 Å². The summed E-state index contributed by atoms with van der Waals surface area (Å²) in [4.78, 5) is 25.0. The molecule has 1 atom stereocenters. The zero-order chi connectivity index (χ0) is 23.9. The van der Waals surface area contributed by atoms with Gasteiger partial charge in [-0.2, -0.15) is 0 Å². The molecule has 6 rings (SSSR count). The average molecular weight is 500 g/mol. The highest BCUT2D eigenvalue weighted by molar-refractivity contribution is 6.31. The van der Waals surface area contributed by atoms with Crippen molar-refractivity contribution in [1.29, 1.82) is 0 Å². The number of carbonyl (C=O) groups excluding carboxylic acids is 2. The van der Waals surface area contributed by atoms with E-state index in [1.54, 1.807) is 6.08 Å².